The van der Waals surface area contributed by atoms with Crippen LogP contribution in [0.3, 0.4) is 0 Å². The van der Waals surface area contributed by atoms with Gasteiger partial charge in [-0.15, -0.1) is 0 Å². The van der Waals surface area contributed by atoms with Crippen molar-refractivity contribution >= 4 is 10.8 Å². The average molecular weight is 382 g/mol. The molecule has 1 aliphatic carbocycles. The largest absolute Gasteiger partial charge is 0.507 e. The van der Waals surface area contributed by atoms with Crippen molar-refractivity contribution in [2.75, 3.05) is 7.11 Å². The summed E-state index contributed by atoms with van der Waals surface area (Å²) in [6.07, 6.45) is 0.505. The van der Waals surface area contributed by atoms with Gasteiger partial charge in [0.05, 0.1) is 7.11 Å². The Morgan fingerprint density at radius 2 is 1.62 bits per heavy atom. The van der Waals surface area contributed by atoms with E-state index in [9.17, 15) is 10.2 Å². The Morgan fingerprint density at radius 1 is 0.862 bits per heavy atom. The van der Waals surface area contributed by atoms with E-state index in [1.54, 1.807) is 13.2 Å². The van der Waals surface area contributed by atoms with Crippen LogP contribution in [0.25, 0.3) is 33.0 Å². The van der Waals surface area contributed by atoms with E-state index in [-0.39, 0.29) is 5.75 Å². The summed E-state index contributed by atoms with van der Waals surface area (Å²) in [5.74, 6) is 0.836. The molecular formula is C26H22O3. The zero-order valence-corrected chi connectivity index (χ0v) is 16.4. The molecule has 1 atom stereocenters. The monoisotopic (exact) mass is 382 g/mol. The lowest BCUT2D eigenvalue weighted by molar-refractivity contribution is 0.0812. The maximum absolute atomic E-state index is 11.8. The van der Waals surface area contributed by atoms with Gasteiger partial charge in [0.2, 0.25) is 0 Å². The lowest BCUT2D eigenvalue weighted by Gasteiger charge is -2.24. The van der Waals surface area contributed by atoms with Crippen molar-refractivity contribution < 1.29 is 14.9 Å². The number of rotatable bonds is 3. The van der Waals surface area contributed by atoms with Crippen molar-refractivity contribution in [2.45, 2.75) is 18.9 Å². The standard InChI is InChI=1S/C26H22O3/c1-3-26(28)19-13-7-11-17(16-9-5-4-6-10-16)23(19)25-20(26)15-21(27)18-12-8-14-22(29-2)24(18)25/h4-15,27-28H,3H2,1-2H3. The molecule has 0 radical (unpaired) electrons. The second-order valence-corrected chi connectivity index (χ2v) is 7.51. The van der Waals surface area contributed by atoms with Gasteiger partial charge in [-0.2, -0.15) is 0 Å². The lowest BCUT2D eigenvalue weighted by Crippen LogP contribution is -2.23. The molecule has 4 aromatic carbocycles. The Kier molecular flexibility index (Phi) is 3.90. The fourth-order valence-corrected chi connectivity index (χ4v) is 4.73. The molecular weight excluding hydrogens is 360 g/mol. The van der Waals surface area contributed by atoms with E-state index in [2.05, 4.69) is 18.2 Å². The maximum Gasteiger partial charge on any atom is 0.127 e. The zero-order valence-electron chi connectivity index (χ0n) is 16.4. The quantitative estimate of drug-likeness (QED) is 0.467. The van der Waals surface area contributed by atoms with Crippen molar-refractivity contribution in [3.63, 3.8) is 0 Å². The van der Waals surface area contributed by atoms with Crippen LogP contribution < -0.4 is 4.74 Å². The van der Waals surface area contributed by atoms with Gasteiger partial charge < -0.3 is 14.9 Å². The highest BCUT2D eigenvalue weighted by atomic mass is 16.5. The van der Waals surface area contributed by atoms with Gasteiger partial charge in [0.15, 0.2) is 0 Å². The average Bonchev–Trinajstić information content (AvgIpc) is 3.03. The summed E-state index contributed by atoms with van der Waals surface area (Å²) in [6.45, 7) is 1.97. The third-order valence-corrected chi connectivity index (χ3v) is 6.12. The lowest BCUT2D eigenvalue weighted by atomic mass is 9.87. The molecule has 2 N–H and O–H groups in total. The van der Waals surface area contributed by atoms with Crippen LogP contribution in [-0.4, -0.2) is 17.3 Å². The molecule has 0 aromatic heterocycles. The summed E-state index contributed by atoms with van der Waals surface area (Å²) < 4.78 is 5.68. The molecule has 0 fully saturated rings. The Balaban J connectivity index is 2.00. The molecule has 29 heavy (non-hydrogen) atoms. The number of methoxy groups -OCH3 is 1. The Morgan fingerprint density at radius 3 is 2.34 bits per heavy atom. The number of phenols is 1. The number of phenolic OH excluding ortho intramolecular Hbond substituents is 1. The van der Waals surface area contributed by atoms with Crippen LogP contribution in [0.2, 0.25) is 0 Å². The first-order valence-electron chi connectivity index (χ1n) is 9.85. The molecule has 0 saturated heterocycles. The van der Waals surface area contributed by atoms with Crippen LogP contribution in [0.4, 0.5) is 0 Å². The predicted octanol–water partition coefficient (Wildman–Crippen LogP) is 5.85. The second-order valence-electron chi connectivity index (χ2n) is 7.51. The number of ether oxygens (including phenoxy) is 1. The number of fused-ring (bicyclic) bond motifs is 5. The fourth-order valence-electron chi connectivity index (χ4n) is 4.73. The minimum absolute atomic E-state index is 0.151. The van der Waals surface area contributed by atoms with E-state index in [0.29, 0.717) is 12.2 Å². The van der Waals surface area contributed by atoms with E-state index >= 15 is 0 Å². The molecule has 3 nitrogen and oxygen atoms in total. The first-order chi connectivity index (χ1) is 14.1. The molecule has 0 aliphatic heterocycles. The van der Waals surface area contributed by atoms with Gasteiger partial charge in [0, 0.05) is 21.9 Å². The normalized spacial score (nSPS) is 17.2. The first kappa shape index (κ1) is 17.8. The van der Waals surface area contributed by atoms with E-state index in [0.717, 1.165) is 44.2 Å². The summed E-state index contributed by atoms with van der Waals surface area (Å²) in [4.78, 5) is 0. The smallest absolute Gasteiger partial charge is 0.127 e. The number of aromatic hydroxyl groups is 1. The van der Waals surface area contributed by atoms with Crippen LogP contribution in [0.1, 0.15) is 24.5 Å². The van der Waals surface area contributed by atoms with Gasteiger partial charge in [-0.3, -0.25) is 0 Å². The van der Waals surface area contributed by atoms with Gasteiger partial charge in [-0.1, -0.05) is 67.6 Å². The molecule has 5 rings (SSSR count). The van der Waals surface area contributed by atoms with Crippen molar-refractivity contribution in [2.24, 2.45) is 0 Å². The van der Waals surface area contributed by atoms with Crippen molar-refractivity contribution in [1.82, 2.24) is 0 Å². The molecule has 144 valence electrons. The molecule has 1 aliphatic rings. The highest BCUT2D eigenvalue weighted by molar-refractivity contribution is 6.10. The molecule has 0 heterocycles. The highest BCUT2D eigenvalue weighted by Gasteiger charge is 2.43. The summed E-state index contributed by atoms with van der Waals surface area (Å²) in [7, 11) is 1.64. The van der Waals surface area contributed by atoms with Crippen molar-refractivity contribution in [1.29, 1.82) is 0 Å². The van der Waals surface area contributed by atoms with Crippen molar-refractivity contribution in [3.05, 3.63) is 83.9 Å². The Labute approximate surface area is 169 Å². The van der Waals surface area contributed by atoms with E-state index in [1.807, 2.05) is 55.5 Å². The number of hydrogen-bond donors (Lipinski definition) is 2. The molecule has 0 bridgehead atoms. The van der Waals surface area contributed by atoms with Gasteiger partial charge in [0.1, 0.15) is 17.1 Å². The molecule has 3 heteroatoms. The zero-order chi connectivity index (χ0) is 20.2. The first-order valence-corrected chi connectivity index (χ1v) is 9.85. The third-order valence-electron chi connectivity index (χ3n) is 6.12. The minimum Gasteiger partial charge on any atom is -0.507 e. The van der Waals surface area contributed by atoms with Gasteiger partial charge in [0.25, 0.3) is 0 Å². The molecule has 0 saturated carbocycles. The van der Waals surface area contributed by atoms with Gasteiger partial charge in [-0.05, 0) is 40.8 Å². The van der Waals surface area contributed by atoms with Crippen LogP contribution in [0, 0.1) is 0 Å². The van der Waals surface area contributed by atoms with E-state index < -0.39 is 5.60 Å². The minimum atomic E-state index is -1.16. The molecule has 0 amide bonds. The van der Waals surface area contributed by atoms with Crippen LogP contribution in [-0.2, 0) is 5.60 Å². The summed E-state index contributed by atoms with van der Waals surface area (Å²) in [5.41, 5.74) is 4.53. The number of aliphatic hydroxyl groups is 1. The number of hydrogen-bond acceptors (Lipinski definition) is 3. The van der Waals surface area contributed by atoms with E-state index in [4.69, 9.17) is 4.74 Å². The Bertz CT molecular complexity index is 1240. The summed E-state index contributed by atoms with van der Waals surface area (Å²) >= 11 is 0. The van der Waals surface area contributed by atoms with E-state index in [1.165, 1.54) is 0 Å². The summed E-state index contributed by atoms with van der Waals surface area (Å²) in [6, 6.07) is 23.7. The fraction of sp³-hybridized carbons (Fsp3) is 0.154. The Hall–Kier alpha value is -3.30. The predicted molar refractivity (Wildman–Crippen MR) is 116 cm³/mol. The van der Waals surface area contributed by atoms with Gasteiger partial charge >= 0.3 is 0 Å². The molecule has 0 spiro atoms. The number of benzene rings is 4. The maximum atomic E-state index is 11.8. The van der Waals surface area contributed by atoms with Crippen LogP contribution >= 0.6 is 0 Å². The highest BCUT2D eigenvalue weighted by Crippen LogP contribution is 2.57. The van der Waals surface area contributed by atoms with Gasteiger partial charge in [-0.25, -0.2) is 0 Å². The van der Waals surface area contributed by atoms with Crippen LogP contribution in [0.5, 0.6) is 11.5 Å². The second kappa shape index (κ2) is 6.36. The van der Waals surface area contributed by atoms with Crippen LogP contribution in [0.15, 0.2) is 72.8 Å². The SMILES string of the molecule is CCC1(O)c2cccc(-c3ccccc3)c2-c2c1cc(O)c1cccc(OC)c21. The molecule has 1 unspecified atom stereocenters. The molecule has 4 aromatic rings. The topological polar surface area (TPSA) is 49.7 Å². The van der Waals surface area contributed by atoms with Crippen molar-refractivity contribution in [3.8, 4) is 33.8 Å². The third kappa shape index (κ3) is 2.34. The summed E-state index contributed by atoms with van der Waals surface area (Å²) in [5, 5.41) is 24.1.